The summed E-state index contributed by atoms with van der Waals surface area (Å²) < 4.78 is 39.4. The smallest absolute Gasteiger partial charge is 0.338 e. The number of alkyl halides is 3. The van der Waals surface area contributed by atoms with E-state index in [2.05, 4.69) is 4.98 Å². The molecule has 26 heavy (non-hydrogen) atoms. The third kappa shape index (κ3) is 4.82. The SMILES string of the molecule is CCN(CCN(C)C)C(=O)c1ccc(-c2ncccc2C(F)(F)F)cc1. The Morgan fingerprint density at radius 2 is 1.73 bits per heavy atom. The standard InChI is InChI=1S/C19H22F3N3O/c1-4-25(13-12-24(2)3)18(26)15-9-7-14(8-10-15)17-16(19(20,21)22)6-5-11-23-17/h5-11H,4,12-13H2,1-3H3. The van der Waals surface area contributed by atoms with E-state index in [4.69, 9.17) is 0 Å². The van der Waals surface area contributed by atoms with Gasteiger partial charge in [0.15, 0.2) is 0 Å². The highest BCUT2D eigenvalue weighted by atomic mass is 19.4. The first-order valence-corrected chi connectivity index (χ1v) is 8.30. The summed E-state index contributed by atoms with van der Waals surface area (Å²) in [5.74, 6) is -0.141. The van der Waals surface area contributed by atoms with Crippen LogP contribution in [0.5, 0.6) is 0 Å². The molecule has 0 fully saturated rings. The van der Waals surface area contributed by atoms with Crippen LogP contribution in [0.4, 0.5) is 13.2 Å². The van der Waals surface area contributed by atoms with Crippen molar-refractivity contribution in [1.29, 1.82) is 0 Å². The highest BCUT2D eigenvalue weighted by Gasteiger charge is 2.34. The van der Waals surface area contributed by atoms with Crippen molar-refractivity contribution in [1.82, 2.24) is 14.8 Å². The van der Waals surface area contributed by atoms with Crippen LogP contribution in [0.25, 0.3) is 11.3 Å². The maximum atomic E-state index is 13.1. The van der Waals surface area contributed by atoms with E-state index in [1.54, 1.807) is 17.0 Å². The zero-order valence-electron chi connectivity index (χ0n) is 15.0. The zero-order chi connectivity index (χ0) is 19.3. The molecule has 0 aliphatic carbocycles. The summed E-state index contributed by atoms with van der Waals surface area (Å²) in [5.41, 5.74) is -0.163. The van der Waals surface area contributed by atoms with Crippen molar-refractivity contribution >= 4 is 5.91 Å². The summed E-state index contributed by atoms with van der Waals surface area (Å²) in [6, 6.07) is 8.36. The van der Waals surface area contributed by atoms with Crippen molar-refractivity contribution < 1.29 is 18.0 Å². The first kappa shape index (κ1) is 19.9. The number of aromatic nitrogens is 1. The Hall–Kier alpha value is -2.41. The summed E-state index contributed by atoms with van der Waals surface area (Å²) in [6.07, 6.45) is -3.16. The van der Waals surface area contributed by atoms with Gasteiger partial charge >= 0.3 is 6.18 Å². The molecule has 0 aliphatic rings. The molecule has 1 aromatic heterocycles. The quantitative estimate of drug-likeness (QED) is 0.781. The normalized spacial score (nSPS) is 11.7. The molecule has 2 aromatic rings. The molecule has 7 heteroatoms. The van der Waals surface area contributed by atoms with Crippen LogP contribution in [-0.4, -0.2) is 54.4 Å². The summed E-state index contributed by atoms with van der Waals surface area (Å²) in [4.78, 5) is 20.1. The molecule has 1 heterocycles. The van der Waals surface area contributed by atoms with Crippen molar-refractivity contribution in [3.8, 4) is 11.3 Å². The van der Waals surface area contributed by atoms with Gasteiger partial charge in [0.25, 0.3) is 5.91 Å². The van der Waals surface area contributed by atoms with Gasteiger partial charge in [0.2, 0.25) is 0 Å². The van der Waals surface area contributed by atoms with Crippen LogP contribution >= 0.6 is 0 Å². The summed E-state index contributed by atoms with van der Waals surface area (Å²) in [6.45, 7) is 3.78. The predicted molar refractivity (Wildman–Crippen MR) is 94.8 cm³/mol. The molecule has 0 saturated heterocycles. The molecule has 1 amide bonds. The fourth-order valence-corrected chi connectivity index (χ4v) is 2.54. The van der Waals surface area contributed by atoms with Crippen molar-refractivity contribution in [2.75, 3.05) is 33.7 Å². The minimum absolute atomic E-state index is 0.140. The average molecular weight is 365 g/mol. The Bertz CT molecular complexity index is 742. The number of amides is 1. The highest BCUT2D eigenvalue weighted by Crippen LogP contribution is 2.35. The monoisotopic (exact) mass is 365 g/mol. The lowest BCUT2D eigenvalue weighted by Gasteiger charge is -2.23. The second kappa shape index (κ2) is 8.31. The van der Waals surface area contributed by atoms with Crippen molar-refractivity contribution in [2.45, 2.75) is 13.1 Å². The van der Waals surface area contributed by atoms with E-state index >= 15 is 0 Å². The maximum Gasteiger partial charge on any atom is 0.418 e. The molecule has 1 aromatic carbocycles. The van der Waals surface area contributed by atoms with Gasteiger partial charge in [-0.3, -0.25) is 9.78 Å². The molecule has 140 valence electrons. The van der Waals surface area contributed by atoms with Gasteiger partial charge in [-0.1, -0.05) is 12.1 Å². The average Bonchev–Trinajstić information content (AvgIpc) is 2.61. The van der Waals surface area contributed by atoms with Gasteiger partial charge < -0.3 is 9.80 Å². The number of hydrogen-bond acceptors (Lipinski definition) is 3. The lowest BCUT2D eigenvalue weighted by Crippen LogP contribution is -2.36. The highest BCUT2D eigenvalue weighted by molar-refractivity contribution is 5.94. The van der Waals surface area contributed by atoms with Crippen LogP contribution in [-0.2, 0) is 6.18 Å². The molecule has 4 nitrogen and oxygen atoms in total. The fraction of sp³-hybridized carbons (Fsp3) is 0.368. The second-order valence-electron chi connectivity index (χ2n) is 6.16. The van der Waals surface area contributed by atoms with Gasteiger partial charge in [0.1, 0.15) is 0 Å². The third-order valence-electron chi connectivity index (χ3n) is 4.00. The van der Waals surface area contributed by atoms with E-state index in [0.717, 1.165) is 12.6 Å². The van der Waals surface area contributed by atoms with Crippen LogP contribution in [0, 0.1) is 0 Å². The molecule has 2 rings (SSSR count). The van der Waals surface area contributed by atoms with Crippen LogP contribution in [0.15, 0.2) is 42.6 Å². The minimum Gasteiger partial charge on any atom is -0.338 e. The van der Waals surface area contributed by atoms with E-state index in [9.17, 15) is 18.0 Å². The number of carbonyl (C=O) groups is 1. The van der Waals surface area contributed by atoms with Gasteiger partial charge in [-0.05, 0) is 45.3 Å². The van der Waals surface area contributed by atoms with Crippen molar-refractivity contribution in [3.05, 3.63) is 53.7 Å². The number of hydrogen-bond donors (Lipinski definition) is 0. The molecule has 0 aliphatic heterocycles. The van der Waals surface area contributed by atoms with Gasteiger partial charge in [0.05, 0.1) is 11.3 Å². The van der Waals surface area contributed by atoms with Gasteiger partial charge in [-0.15, -0.1) is 0 Å². The van der Waals surface area contributed by atoms with Crippen LogP contribution in [0.3, 0.4) is 0 Å². The molecule has 0 N–H and O–H groups in total. The number of halogens is 3. The number of pyridine rings is 1. The van der Waals surface area contributed by atoms with Crippen LogP contribution in [0.1, 0.15) is 22.8 Å². The van der Waals surface area contributed by atoms with E-state index < -0.39 is 11.7 Å². The molecule has 0 bridgehead atoms. The molecule has 0 atom stereocenters. The second-order valence-corrected chi connectivity index (χ2v) is 6.16. The Balaban J connectivity index is 2.25. The Kier molecular flexibility index (Phi) is 6.37. The van der Waals surface area contributed by atoms with Crippen LogP contribution < -0.4 is 0 Å². The molecular weight excluding hydrogens is 343 g/mol. The first-order valence-electron chi connectivity index (χ1n) is 8.30. The maximum absolute atomic E-state index is 13.1. The predicted octanol–water partition coefficient (Wildman–Crippen LogP) is 3.79. The zero-order valence-corrected chi connectivity index (χ0v) is 15.0. The van der Waals surface area contributed by atoms with Crippen molar-refractivity contribution in [3.63, 3.8) is 0 Å². The summed E-state index contributed by atoms with van der Waals surface area (Å²) in [5, 5.41) is 0. The fourth-order valence-electron chi connectivity index (χ4n) is 2.54. The number of nitrogens with zero attached hydrogens (tertiary/aromatic N) is 3. The van der Waals surface area contributed by atoms with Crippen LogP contribution in [0.2, 0.25) is 0 Å². The largest absolute Gasteiger partial charge is 0.418 e. The van der Waals surface area contributed by atoms with E-state index in [-0.39, 0.29) is 11.6 Å². The number of benzene rings is 1. The summed E-state index contributed by atoms with van der Waals surface area (Å²) in [7, 11) is 3.86. The molecule has 0 spiro atoms. The molecular formula is C19H22F3N3O. The molecule has 0 unspecified atom stereocenters. The van der Waals surface area contributed by atoms with Gasteiger partial charge in [0, 0.05) is 37.0 Å². The topological polar surface area (TPSA) is 36.4 Å². The number of carbonyl (C=O) groups excluding carboxylic acids is 1. The Morgan fingerprint density at radius 1 is 1.08 bits per heavy atom. The van der Waals surface area contributed by atoms with Gasteiger partial charge in [-0.2, -0.15) is 13.2 Å². The third-order valence-corrected chi connectivity index (χ3v) is 4.00. The lowest BCUT2D eigenvalue weighted by molar-refractivity contribution is -0.137. The molecule has 0 saturated carbocycles. The van der Waals surface area contributed by atoms with Crippen molar-refractivity contribution in [2.24, 2.45) is 0 Å². The van der Waals surface area contributed by atoms with Gasteiger partial charge in [-0.25, -0.2) is 0 Å². The Labute approximate surface area is 151 Å². The van der Waals surface area contributed by atoms with E-state index in [1.807, 2.05) is 25.9 Å². The number of rotatable bonds is 6. The Morgan fingerprint density at radius 3 is 2.27 bits per heavy atom. The first-order chi connectivity index (χ1) is 12.2. The van der Waals surface area contributed by atoms with E-state index in [1.165, 1.54) is 24.4 Å². The summed E-state index contributed by atoms with van der Waals surface area (Å²) >= 11 is 0. The molecule has 0 radical (unpaired) electrons. The minimum atomic E-state index is -4.48. The lowest BCUT2D eigenvalue weighted by atomic mass is 10.0. The van der Waals surface area contributed by atoms with E-state index in [0.29, 0.717) is 24.2 Å². The number of likely N-dealkylation sites (N-methyl/N-ethyl adjacent to an activating group) is 2.